The third-order valence-corrected chi connectivity index (χ3v) is 9.12. The number of fused-ring (bicyclic) bond motifs is 3. The second-order valence-corrected chi connectivity index (χ2v) is 12.0. The smallest absolute Gasteiger partial charge is 0.227 e. The molecule has 0 unspecified atom stereocenters. The molecule has 0 bridgehead atoms. The Kier molecular flexibility index (Phi) is 8.27. The van der Waals surface area contributed by atoms with Crippen molar-refractivity contribution in [1.29, 1.82) is 0 Å². The molecule has 2 aromatic rings. The van der Waals surface area contributed by atoms with E-state index in [1.807, 2.05) is 0 Å². The molecule has 0 amide bonds. The predicted octanol–water partition coefficient (Wildman–Crippen LogP) is 1.76. The molecule has 13 nitrogen and oxygen atoms in total. The lowest BCUT2D eigenvalue weighted by atomic mass is 9.72. The molecule has 0 saturated carbocycles. The van der Waals surface area contributed by atoms with E-state index in [2.05, 4.69) is 0 Å². The minimum Gasteiger partial charge on any atom is -0.507 e. The molecule has 0 aromatic heterocycles. The lowest BCUT2D eigenvalue weighted by Gasteiger charge is -2.43. The van der Waals surface area contributed by atoms with Crippen LogP contribution in [0.25, 0.3) is 0 Å². The highest BCUT2D eigenvalue weighted by atomic mass is 16.7. The number of methoxy groups -OCH3 is 1. The fourth-order valence-corrected chi connectivity index (χ4v) is 6.89. The number of nitrogens with two attached hydrogens (primary N) is 1. The van der Waals surface area contributed by atoms with Crippen LogP contribution in [0.3, 0.4) is 0 Å². The van der Waals surface area contributed by atoms with Crippen LogP contribution in [0.2, 0.25) is 0 Å². The predicted molar refractivity (Wildman–Crippen MR) is 153 cm³/mol. The van der Waals surface area contributed by atoms with Crippen molar-refractivity contribution >= 4 is 23.6 Å². The monoisotopic (exact) mass is 625 g/mol. The molecule has 2 aliphatic carbocycles. The topological polar surface area (TPSA) is 201 Å². The first-order valence-electron chi connectivity index (χ1n) is 14.9. The summed E-state index contributed by atoms with van der Waals surface area (Å²) < 4.78 is 29.4. The number of Topliss-reactive ketones (excluding diaryl/α,β-unsaturated/α-hetero) is 1. The van der Waals surface area contributed by atoms with Gasteiger partial charge in [-0.1, -0.05) is 12.1 Å². The van der Waals surface area contributed by atoms with Gasteiger partial charge in [0.2, 0.25) is 11.6 Å². The molecule has 4 aliphatic rings. The van der Waals surface area contributed by atoms with Crippen LogP contribution in [-0.2, 0) is 35.0 Å². The third-order valence-electron chi connectivity index (χ3n) is 9.12. The Bertz CT molecular complexity index is 1550. The van der Waals surface area contributed by atoms with Crippen LogP contribution in [0.15, 0.2) is 18.2 Å². The Labute approximate surface area is 258 Å². The van der Waals surface area contributed by atoms with E-state index < -0.39 is 95.4 Å². The van der Waals surface area contributed by atoms with Gasteiger partial charge in [0.1, 0.15) is 29.0 Å². The number of aliphatic hydroxyl groups is 1. The van der Waals surface area contributed by atoms with Gasteiger partial charge in [-0.2, -0.15) is 0 Å². The number of ether oxygens (including phenoxy) is 5. The van der Waals surface area contributed by atoms with Crippen molar-refractivity contribution in [2.75, 3.05) is 13.7 Å². The number of rotatable bonds is 7. The molecule has 6 rings (SSSR count). The summed E-state index contributed by atoms with van der Waals surface area (Å²) in [6.07, 6.45) is -2.37. The van der Waals surface area contributed by atoms with Gasteiger partial charge in [0.05, 0.1) is 36.0 Å². The van der Waals surface area contributed by atoms with Crippen molar-refractivity contribution in [2.24, 2.45) is 5.73 Å². The molecule has 2 saturated heterocycles. The molecular formula is C32H35NO12. The molecular weight excluding hydrogens is 590 g/mol. The van der Waals surface area contributed by atoms with Crippen LogP contribution in [-0.4, -0.2) is 89.1 Å². The Morgan fingerprint density at radius 1 is 1.07 bits per heavy atom. The zero-order chi connectivity index (χ0) is 32.2. The molecule has 240 valence electrons. The second kappa shape index (κ2) is 11.9. The zero-order valence-electron chi connectivity index (χ0n) is 24.8. The number of phenolic OH excluding ortho intramolecular Hbond substituents is 2. The van der Waals surface area contributed by atoms with Crippen LogP contribution in [0.1, 0.15) is 88.1 Å². The van der Waals surface area contributed by atoms with Gasteiger partial charge < -0.3 is 44.7 Å². The SMILES string of the molecule is COc1cccc2c1C(=O)c1c(O)c3c(c(O)c1C2=O)C[C@@](O)(C(=O)C=O)C[C@@H]3O[C@H]1C[C@H](N)[C@H](O[C@@H]2CCCCO2)[C@H](C)O1. The fourth-order valence-electron chi connectivity index (χ4n) is 6.89. The Balaban J connectivity index is 1.38. The highest BCUT2D eigenvalue weighted by Crippen LogP contribution is 2.52. The first-order valence-corrected chi connectivity index (χ1v) is 14.9. The van der Waals surface area contributed by atoms with Crippen molar-refractivity contribution in [3.63, 3.8) is 0 Å². The van der Waals surface area contributed by atoms with E-state index in [0.29, 0.717) is 6.61 Å². The quantitative estimate of drug-likeness (QED) is 0.168. The number of aromatic hydroxyl groups is 2. The van der Waals surface area contributed by atoms with Gasteiger partial charge in [-0.05, 0) is 32.3 Å². The minimum absolute atomic E-state index is 0.0427. The van der Waals surface area contributed by atoms with Crippen molar-refractivity contribution in [3.8, 4) is 17.2 Å². The number of phenols is 2. The van der Waals surface area contributed by atoms with E-state index in [4.69, 9.17) is 29.4 Å². The first kappa shape index (κ1) is 31.3. The second-order valence-electron chi connectivity index (χ2n) is 12.0. The summed E-state index contributed by atoms with van der Waals surface area (Å²) in [4.78, 5) is 51.6. The summed E-state index contributed by atoms with van der Waals surface area (Å²) in [6.45, 7) is 2.34. The molecule has 13 heteroatoms. The molecule has 2 fully saturated rings. The maximum Gasteiger partial charge on any atom is 0.227 e. The number of hydrogen-bond acceptors (Lipinski definition) is 13. The van der Waals surface area contributed by atoms with Gasteiger partial charge in [0.25, 0.3) is 0 Å². The first-order chi connectivity index (χ1) is 21.5. The normalized spacial score (nSPS) is 31.0. The van der Waals surface area contributed by atoms with E-state index in [1.165, 1.54) is 25.3 Å². The van der Waals surface area contributed by atoms with E-state index >= 15 is 0 Å². The highest BCUT2D eigenvalue weighted by Gasteiger charge is 2.50. The van der Waals surface area contributed by atoms with Crippen LogP contribution < -0.4 is 10.5 Å². The molecule has 2 aromatic carbocycles. The van der Waals surface area contributed by atoms with Crippen LogP contribution in [0, 0.1) is 0 Å². The van der Waals surface area contributed by atoms with Gasteiger partial charge in [0.15, 0.2) is 24.6 Å². The summed E-state index contributed by atoms with van der Waals surface area (Å²) in [6, 6.07) is 3.81. The maximum atomic E-state index is 13.8. The number of ketones is 3. The molecule has 0 spiro atoms. The summed E-state index contributed by atoms with van der Waals surface area (Å²) in [5.74, 6) is -4.02. The van der Waals surface area contributed by atoms with E-state index in [-0.39, 0.29) is 40.7 Å². The zero-order valence-corrected chi connectivity index (χ0v) is 24.8. The van der Waals surface area contributed by atoms with Crippen molar-refractivity contribution in [2.45, 2.75) is 88.0 Å². The fraction of sp³-hybridized carbons (Fsp3) is 0.500. The van der Waals surface area contributed by atoms with Gasteiger partial charge in [0, 0.05) is 48.6 Å². The number of carbonyl (C=O) groups excluding carboxylic acids is 4. The molecule has 0 radical (unpaired) electrons. The van der Waals surface area contributed by atoms with Crippen molar-refractivity contribution in [3.05, 3.63) is 51.6 Å². The molecule has 45 heavy (non-hydrogen) atoms. The van der Waals surface area contributed by atoms with Crippen LogP contribution >= 0.6 is 0 Å². The average molecular weight is 626 g/mol. The molecule has 2 aliphatic heterocycles. The molecule has 7 atom stereocenters. The van der Waals surface area contributed by atoms with Gasteiger partial charge >= 0.3 is 0 Å². The number of hydrogen-bond donors (Lipinski definition) is 4. The average Bonchev–Trinajstić information content (AvgIpc) is 3.02. The summed E-state index contributed by atoms with van der Waals surface area (Å²) >= 11 is 0. The minimum atomic E-state index is -2.35. The summed E-state index contributed by atoms with van der Waals surface area (Å²) in [5.41, 5.74) is 2.69. The van der Waals surface area contributed by atoms with Crippen molar-refractivity contribution < 1.29 is 58.2 Å². The van der Waals surface area contributed by atoms with E-state index in [9.17, 15) is 34.5 Å². The van der Waals surface area contributed by atoms with Crippen molar-refractivity contribution in [1.82, 2.24) is 0 Å². The van der Waals surface area contributed by atoms with E-state index in [0.717, 1.165) is 19.3 Å². The van der Waals surface area contributed by atoms with Gasteiger partial charge in [-0.25, -0.2) is 0 Å². The third kappa shape index (κ3) is 5.23. The van der Waals surface area contributed by atoms with Gasteiger partial charge in [-0.3, -0.25) is 19.2 Å². The maximum absolute atomic E-state index is 13.8. The number of carbonyl (C=O) groups is 4. The lowest BCUT2D eigenvalue weighted by Crippen LogP contribution is -2.55. The Morgan fingerprint density at radius 3 is 2.49 bits per heavy atom. The summed E-state index contributed by atoms with van der Waals surface area (Å²) in [7, 11) is 1.33. The van der Waals surface area contributed by atoms with Crippen LogP contribution in [0.4, 0.5) is 0 Å². The van der Waals surface area contributed by atoms with E-state index in [1.54, 1.807) is 6.92 Å². The lowest BCUT2D eigenvalue weighted by molar-refractivity contribution is -0.281. The van der Waals surface area contributed by atoms with Crippen LogP contribution in [0.5, 0.6) is 17.2 Å². The van der Waals surface area contributed by atoms with Gasteiger partial charge in [-0.15, -0.1) is 0 Å². The number of benzene rings is 2. The summed E-state index contributed by atoms with van der Waals surface area (Å²) in [5, 5.41) is 34.5. The molecule has 2 heterocycles. The number of aldehydes is 1. The standard InChI is InChI=1S/C32H35NO12/c1-14-31(45-21-8-3-4-9-42-21)17(33)10-22(43-14)44-19-12-32(40,20(35)13-34)11-16-24(19)30(39)26-25(28(16)37)27(36)15-6-5-7-18(41-2)23(15)29(26)38/h5-7,13-14,17,19,21-22,31,37,39-40H,3-4,8-12,33H2,1-2H3/t14-,17-,19-,21+,22-,31+,32-/m0/s1. The Hall–Kier alpha value is -3.72. The Morgan fingerprint density at radius 2 is 1.82 bits per heavy atom. The highest BCUT2D eigenvalue weighted by molar-refractivity contribution is 6.32. The molecule has 5 N–H and O–H groups in total. The largest absolute Gasteiger partial charge is 0.507 e.